The number of carbonyl (C=O) groups is 2. The van der Waals surface area contributed by atoms with Gasteiger partial charge in [0.2, 0.25) is 0 Å². The summed E-state index contributed by atoms with van der Waals surface area (Å²) in [5, 5.41) is 0. The van der Waals surface area contributed by atoms with Crippen LogP contribution < -0.4 is 0 Å². The van der Waals surface area contributed by atoms with Gasteiger partial charge in [-0.15, -0.1) is 0 Å². The number of hydrogen-bond donors (Lipinski definition) is 0. The maximum Gasteiger partial charge on any atom is 0.338 e. The van der Waals surface area contributed by atoms with Gasteiger partial charge in [0.25, 0.3) is 0 Å². The third-order valence-corrected chi connectivity index (χ3v) is 4.94. The quantitative estimate of drug-likeness (QED) is 0.416. The Labute approximate surface area is 180 Å². The van der Waals surface area contributed by atoms with E-state index >= 15 is 0 Å². The highest BCUT2D eigenvalue weighted by Crippen LogP contribution is 2.17. The number of hydrogen-bond acceptors (Lipinski definition) is 4. The summed E-state index contributed by atoms with van der Waals surface area (Å²) in [5.74, 6) is -0.834. The van der Waals surface area contributed by atoms with Gasteiger partial charge in [-0.25, -0.2) is 9.59 Å². The number of esters is 2. The maximum absolute atomic E-state index is 12.5. The molecule has 4 nitrogen and oxygen atoms in total. The van der Waals surface area contributed by atoms with Crippen molar-refractivity contribution in [2.45, 2.75) is 71.8 Å². The van der Waals surface area contributed by atoms with Gasteiger partial charge in [0, 0.05) is 0 Å². The molecule has 0 fully saturated rings. The highest BCUT2D eigenvalue weighted by molar-refractivity contribution is 5.90. The first kappa shape index (κ1) is 23.7. The molecule has 0 aliphatic rings. The topological polar surface area (TPSA) is 52.6 Å². The van der Waals surface area contributed by atoms with Crippen LogP contribution in [0.15, 0.2) is 48.5 Å². The predicted octanol–water partition coefficient (Wildman–Crippen LogP) is 6.16. The summed E-state index contributed by atoms with van der Waals surface area (Å²) in [6.07, 6.45) is 6.55. The van der Waals surface area contributed by atoms with E-state index in [4.69, 9.17) is 9.47 Å². The summed E-state index contributed by atoms with van der Waals surface area (Å²) in [6, 6.07) is 15.0. The molecule has 0 aliphatic carbocycles. The fourth-order valence-corrected chi connectivity index (χ4v) is 3.04. The molecule has 2 aromatic carbocycles. The molecule has 162 valence electrons. The van der Waals surface area contributed by atoms with E-state index in [2.05, 4.69) is 13.8 Å². The lowest BCUT2D eigenvalue weighted by Crippen LogP contribution is -2.34. The molecule has 2 rings (SSSR count). The Morgan fingerprint density at radius 1 is 0.733 bits per heavy atom. The summed E-state index contributed by atoms with van der Waals surface area (Å²) in [5.41, 5.74) is 2.50. The van der Waals surface area contributed by atoms with E-state index in [0.717, 1.165) is 38.5 Å². The van der Waals surface area contributed by atoms with E-state index in [1.165, 1.54) is 11.1 Å². The SMILES string of the molecule is CCCCc1ccc(C(=O)OCC(C)(C)OC(=O)c2ccc(CCCC)cc2)cc1. The molecule has 0 saturated heterocycles. The summed E-state index contributed by atoms with van der Waals surface area (Å²) in [7, 11) is 0. The monoisotopic (exact) mass is 410 g/mol. The van der Waals surface area contributed by atoms with Gasteiger partial charge in [0.05, 0.1) is 11.1 Å². The Morgan fingerprint density at radius 3 is 1.60 bits per heavy atom. The summed E-state index contributed by atoms with van der Waals surface area (Å²) < 4.78 is 11.0. The van der Waals surface area contributed by atoms with Crippen molar-refractivity contribution in [2.24, 2.45) is 0 Å². The first-order chi connectivity index (χ1) is 14.3. The first-order valence-corrected chi connectivity index (χ1v) is 10.9. The first-order valence-electron chi connectivity index (χ1n) is 10.9. The van der Waals surface area contributed by atoms with E-state index in [9.17, 15) is 9.59 Å². The van der Waals surface area contributed by atoms with Gasteiger partial charge < -0.3 is 9.47 Å². The van der Waals surface area contributed by atoms with Crippen LogP contribution in [0, 0.1) is 0 Å². The van der Waals surface area contributed by atoms with Crippen LogP contribution in [-0.4, -0.2) is 24.1 Å². The summed E-state index contributed by atoms with van der Waals surface area (Å²) >= 11 is 0. The molecule has 0 unspecified atom stereocenters. The van der Waals surface area contributed by atoms with Crippen LogP contribution in [0.2, 0.25) is 0 Å². The second kappa shape index (κ2) is 11.5. The third kappa shape index (κ3) is 7.66. The van der Waals surface area contributed by atoms with Gasteiger partial charge in [0.1, 0.15) is 12.2 Å². The third-order valence-electron chi connectivity index (χ3n) is 4.94. The number of benzene rings is 2. The van der Waals surface area contributed by atoms with Gasteiger partial charge in [-0.2, -0.15) is 0 Å². The van der Waals surface area contributed by atoms with Gasteiger partial charge in [-0.3, -0.25) is 0 Å². The minimum atomic E-state index is -0.922. The van der Waals surface area contributed by atoms with Crippen molar-refractivity contribution in [2.75, 3.05) is 6.61 Å². The van der Waals surface area contributed by atoms with Crippen LogP contribution in [0.4, 0.5) is 0 Å². The van der Waals surface area contributed by atoms with Crippen molar-refractivity contribution in [3.8, 4) is 0 Å². The summed E-state index contributed by atoms with van der Waals surface area (Å²) in [6.45, 7) is 7.78. The van der Waals surface area contributed by atoms with Gasteiger partial charge in [-0.1, -0.05) is 51.0 Å². The van der Waals surface area contributed by atoms with Crippen molar-refractivity contribution in [1.82, 2.24) is 0 Å². The number of ether oxygens (including phenoxy) is 2. The molecule has 30 heavy (non-hydrogen) atoms. The van der Waals surface area contributed by atoms with Crippen molar-refractivity contribution < 1.29 is 19.1 Å². The fourth-order valence-electron chi connectivity index (χ4n) is 3.04. The molecule has 2 aromatic rings. The number of rotatable bonds is 11. The van der Waals surface area contributed by atoms with E-state index < -0.39 is 17.5 Å². The van der Waals surface area contributed by atoms with E-state index in [0.29, 0.717) is 11.1 Å². The minimum Gasteiger partial charge on any atom is -0.458 e. The van der Waals surface area contributed by atoms with Gasteiger partial charge >= 0.3 is 11.9 Å². The molecule has 0 atom stereocenters. The second-order valence-corrected chi connectivity index (χ2v) is 8.33. The molecule has 0 heterocycles. The van der Waals surface area contributed by atoms with Crippen molar-refractivity contribution in [3.05, 3.63) is 70.8 Å². The van der Waals surface area contributed by atoms with Gasteiger partial charge in [-0.05, 0) is 74.9 Å². The van der Waals surface area contributed by atoms with Crippen LogP contribution in [0.3, 0.4) is 0 Å². The Hall–Kier alpha value is -2.62. The standard InChI is InChI=1S/C26H34O4/c1-5-7-9-20-11-15-22(16-12-20)24(27)29-19-26(3,4)30-25(28)23-17-13-21(14-18-23)10-8-6-2/h11-18H,5-10,19H2,1-4H3. The molecule has 0 bridgehead atoms. The largest absolute Gasteiger partial charge is 0.458 e. The number of carbonyl (C=O) groups excluding carboxylic acids is 2. The second-order valence-electron chi connectivity index (χ2n) is 8.33. The zero-order valence-corrected chi connectivity index (χ0v) is 18.7. The van der Waals surface area contributed by atoms with Crippen molar-refractivity contribution in [1.29, 1.82) is 0 Å². The maximum atomic E-state index is 12.5. The molecule has 0 radical (unpaired) electrons. The molecule has 0 N–H and O–H groups in total. The lowest BCUT2D eigenvalue weighted by atomic mass is 10.1. The van der Waals surface area contributed by atoms with Crippen LogP contribution in [0.25, 0.3) is 0 Å². The van der Waals surface area contributed by atoms with Crippen LogP contribution in [0.1, 0.15) is 85.2 Å². The highest BCUT2D eigenvalue weighted by Gasteiger charge is 2.26. The number of unbranched alkanes of at least 4 members (excludes halogenated alkanes) is 2. The van der Waals surface area contributed by atoms with E-state index in [1.54, 1.807) is 38.1 Å². The molecular weight excluding hydrogens is 376 g/mol. The molecule has 0 spiro atoms. The Kier molecular flexibility index (Phi) is 9.10. The highest BCUT2D eigenvalue weighted by atomic mass is 16.6. The van der Waals surface area contributed by atoms with Crippen LogP contribution in [-0.2, 0) is 22.3 Å². The smallest absolute Gasteiger partial charge is 0.338 e. The zero-order valence-electron chi connectivity index (χ0n) is 18.7. The number of aryl methyl sites for hydroxylation is 2. The average Bonchev–Trinajstić information content (AvgIpc) is 2.75. The molecule has 0 saturated carbocycles. The van der Waals surface area contributed by atoms with Crippen molar-refractivity contribution in [3.63, 3.8) is 0 Å². The molecule has 0 amide bonds. The molecular formula is C26H34O4. The predicted molar refractivity (Wildman–Crippen MR) is 120 cm³/mol. The van der Waals surface area contributed by atoms with Crippen molar-refractivity contribution >= 4 is 11.9 Å². The van der Waals surface area contributed by atoms with Crippen LogP contribution in [0.5, 0.6) is 0 Å². The zero-order chi connectivity index (χ0) is 22.0. The van der Waals surface area contributed by atoms with Crippen LogP contribution >= 0.6 is 0 Å². The Balaban J connectivity index is 1.86. The van der Waals surface area contributed by atoms with E-state index in [1.807, 2.05) is 24.3 Å². The molecule has 0 aliphatic heterocycles. The summed E-state index contributed by atoms with van der Waals surface area (Å²) in [4.78, 5) is 24.8. The minimum absolute atomic E-state index is 0.0102. The lowest BCUT2D eigenvalue weighted by Gasteiger charge is -2.24. The van der Waals surface area contributed by atoms with Gasteiger partial charge in [0.15, 0.2) is 0 Å². The van der Waals surface area contributed by atoms with E-state index in [-0.39, 0.29) is 6.61 Å². The molecule has 4 heteroatoms. The Morgan fingerprint density at radius 2 is 1.17 bits per heavy atom. The molecule has 0 aromatic heterocycles. The normalized spacial score (nSPS) is 11.2. The average molecular weight is 411 g/mol. The Bertz CT molecular complexity index is 804. The fraction of sp³-hybridized carbons (Fsp3) is 0.462. The lowest BCUT2D eigenvalue weighted by molar-refractivity contribution is -0.0370.